The predicted molar refractivity (Wildman–Crippen MR) is 64.7 cm³/mol. The highest BCUT2D eigenvalue weighted by molar-refractivity contribution is 5.96. The Labute approximate surface area is 98.8 Å². The summed E-state index contributed by atoms with van der Waals surface area (Å²) in [5.74, 6) is -0.258. The average molecular weight is 230 g/mol. The van der Waals surface area contributed by atoms with E-state index in [2.05, 4.69) is 5.32 Å². The van der Waals surface area contributed by atoms with Crippen LogP contribution in [0.4, 0.5) is 0 Å². The van der Waals surface area contributed by atoms with Crippen molar-refractivity contribution in [3.05, 3.63) is 41.4 Å². The molecule has 88 valence electrons. The lowest BCUT2D eigenvalue weighted by molar-refractivity contribution is 0.0949. The minimum atomic E-state index is -0.258. The van der Waals surface area contributed by atoms with Crippen molar-refractivity contribution in [3.63, 3.8) is 0 Å². The maximum Gasteiger partial charge on any atom is 0.256 e. The van der Waals surface area contributed by atoms with Gasteiger partial charge in [-0.25, -0.2) is 0 Å². The van der Waals surface area contributed by atoms with Gasteiger partial charge in [0.25, 0.3) is 5.91 Å². The Bertz CT molecular complexity index is 602. The molecule has 0 aliphatic heterocycles. The Kier molecular flexibility index (Phi) is 3.23. The van der Waals surface area contributed by atoms with Gasteiger partial charge in [0.05, 0.1) is 0 Å². The van der Waals surface area contributed by atoms with Gasteiger partial charge in [0.1, 0.15) is 11.1 Å². The summed E-state index contributed by atoms with van der Waals surface area (Å²) in [5.41, 5.74) is 0.791. The number of rotatable bonds is 3. The van der Waals surface area contributed by atoms with E-state index in [1.165, 1.54) is 0 Å². The minimum Gasteiger partial charge on any atom is -0.438 e. The fourth-order valence-corrected chi connectivity index (χ4v) is 1.58. The summed E-state index contributed by atoms with van der Waals surface area (Å²) in [7, 11) is 0. The number of amides is 1. The Hall–Kier alpha value is -2.10. The van der Waals surface area contributed by atoms with Crippen molar-refractivity contribution in [1.82, 2.24) is 5.32 Å². The van der Waals surface area contributed by atoms with Gasteiger partial charge in [-0.1, -0.05) is 25.1 Å². The molecule has 0 aliphatic rings. The molecule has 4 nitrogen and oxygen atoms in total. The van der Waals surface area contributed by atoms with Gasteiger partial charge in [0, 0.05) is 11.9 Å². The Morgan fingerprint density at radius 3 is 2.94 bits per heavy atom. The lowest BCUT2D eigenvalue weighted by Crippen LogP contribution is -2.28. The lowest BCUT2D eigenvalue weighted by Gasteiger charge is -2.04. The molecule has 2 aromatic rings. The molecule has 0 radical (unpaired) electrons. The van der Waals surface area contributed by atoms with Crippen LogP contribution in [0.3, 0.4) is 0 Å². The third kappa shape index (κ3) is 2.36. The van der Waals surface area contributed by atoms with Crippen LogP contribution in [0, 0.1) is 5.41 Å². The molecule has 2 rings (SSSR count). The first-order chi connectivity index (χ1) is 8.22. The second-order valence-corrected chi connectivity index (χ2v) is 3.78. The van der Waals surface area contributed by atoms with E-state index in [0.717, 1.165) is 11.8 Å². The Morgan fingerprint density at radius 1 is 1.41 bits per heavy atom. The molecular weight excluding hydrogens is 216 g/mol. The first-order valence-electron chi connectivity index (χ1n) is 5.58. The van der Waals surface area contributed by atoms with Gasteiger partial charge in [0.15, 0.2) is 0 Å². The zero-order chi connectivity index (χ0) is 12.3. The number of nitrogens with one attached hydrogen (secondary N) is 2. The van der Waals surface area contributed by atoms with Crippen LogP contribution in [0.2, 0.25) is 0 Å². The van der Waals surface area contributed by atoms with Crippen molar-refractivity contribution in [2.24, 2.45) is 0 Å². The average Bonchev–Trinajstić information content (AvgIpc) is 2.35. The van der Waals surface area contributed by atoms with Crippen LogP contribution in [-0.2, 0) is 0 Å². The number of fused-ring (bicyclic) bond motifs is 1. The van der Waals surface area contributed by atoms with E-state index in [-0.39, 0.29) is 17.0 Å². The first kappa shape index (κ1) is 11.4. The van der Waals surface area contributed by atoms with Crippen LogP contribution in [0.1, 0.15) is 23.7 Å². The molecule has 1 aromatic carbocycles. The molecule has 0 spiro atoms. The molecule has 1 amide bonds. The second-order valence-electron chi connectivity index (χ2n) is 3.78. The molecule has 1 aromatic heterocycles. The number of carbonyl (C=O) groups excluding carboxylic acids is 1. The van der Waals surface area contributed by atoms with Crippen LogP contribution in [-0.4, -0.2) is 12.5 Å². The van der Waals surface area contributed by atoms with E-state index in [0.29, 0.717) is 12.1 Å². The van der Waals surface area contributed by atoms with Gasteiger partial charge in [-0.2, -0.15) is 0 Å². The van der Waals surface area contributed by atoms with Crippen LogP contribution in [0.15, 0.2) is 34.7 Å². The molecule has 4 heteroatoms. The van der Waals surface area contributed by atoms with Crippen molar-refractivity contribution >= 4 is 16.9 Å². The third-order valence-corrected chi connectivity index (χ3v) is 2.46. The topological polar surface area (TPSA) is 66.1 Å². The lowest BCUT2D eigenvalue weighted by atomic mass is 10.2. The van der Waals surface area contributed by atoms with Crippen LogP contribution < -0.4 is 10.9 Å². The highest BCUT2D eigenvalue weighted by Crippen LogP contribution is 2.12. The predicted octanol–water partition coefficient (Wildman–Crippen LogP) is 2.05. The monoisotopic (exact) mass is 230 g/mol. The molecule has 17 heavy (non-hydrogen) atoms. The van der Waals surface area contributed by atoms with Gasteiger partial charge < -0.3 is 9.73 Å². The van der Waals surface area contributed by atoms with Crippen molar-refractivity contribution < 1.29 is 9.21 Å². The Balaban J connectivity index is 2.44. The fraction of sp³-hybridized carbons (Fsp3) is 0.231. The summed E-state index contributed by atoms with van der Waals surface area (Å²) in [6, 6.07) is 9.03. The van der Waals surface area contributed by atoms with Gasteiger partial charge in [0.2, 0.25) is 5.55 Å². The summed E-state index contributed by atoms with van der Waals surface area (Å²) in [6.45, 7) is 2.58. The van der Waals surface area contributed by atoms with Crippen LogP contribution >= 0.6 is 0 Å². The maximum absolute atomic E-state index is 11.8. The summed E-state index contributed by atoms with van der Waals surface area (Å²) in [4.78, 5) is 11.8. The van der Waals surface area contributed by atoms with Crippen molar-refractivity contribution in [2.45, 2.75) is 13.3 Å². The standard InChI is InChI=1S/C13H14N2O2/c1-2-7-15-13(16)10-8-9-5-3-4-6-11(9)17-12(10)14/h3-6,8,14H,2,7H2,1H3,(H,15,16). The highest BCUT2D eigenvalue weighted by atomic mass is 16.3. The number of hydrogen-bond donors (Lipinski definition) is 2. The quantitative estimate of drug-likeness (QED) is 0.847. The molecule has 0 bridgehead atoms. The number of hydrogen-bond acceptors (Lipinski definition) is 3. The molecule has 1 heterocycles. The van der Waals surface area contributed by atoms with Gasteiger partial charge in [-0.15, -0.1) is 0 Å². The Morgan fingerprint density at radius 2 is 2.18 bits per heavy atom. The van der Waals surface area contributed by atoms with Gasteiger partial charge in [-0.3, -0.25) is 10.2 Å². The first-order valence-corrected chi connectivity index (χ1v) is 5.58. The number of carbonyl (C=O) groups is 1. The summed E-state index contributed by atoms with van der Waals surface area (Å²) < 4.78 is 5.30. The summed E-state index contributed by atoms with van der Waals surface area (Å²) in [6.07, 6.45) is 0.865. The van der Waals surface area contributed by atoms with E-state index >= 15 is 0 Å². The number of benzene rings is 1. The SMILES string of the molecule is CCCNC(=O)c1cc2ccccc2oc1=N. The van der Waals surface area contributed by atoms with Gasteiger partial charge in [-0.05, 0) is 18.6 Å². The third-order valence-electron chi connectivity index (χ3n) is 2.46. The zero-order valence-electron chi connectivity index (χ0n) is 9.62. The number of para-hydroxylation sites is 1. The maximum atomic E-state index is 11.8. The van der Waals surface area contributed by atoms with Crippen molar-refractivity contribution in [2.75, 3.05) is 6.54 Å². The largest absolute Gasteiger partial charge is 0.438 e. The fourth-order valence-electron chi connectivity index (χ4n) is 1.58. The molecule has 0 aliphatic carbocycles. The molecule has 0 atom stereocenters. The van der Waals surface area contributed by atoms with Gasteiger partial charge >= 0.3 is 0 Å². The van der Waals surface area contributed by atoms with Crippen LogP contribution in [0.25, 0.3) is 11.0 Å². The van der Waals surface area contributed by atoms with E-state index in [4.69, 9.17) is 9.83 Å². The normalized spacial score (nSPS) is 10.4. The summed E-state index contributed by atoms with van der Waals surface area (Å²) in [5, 5.41) is 11.3. The highest BCUT2D eigenvalue weighted by Gasteiger charge is 2.10. The van der Waals surface area contributed by atoms with Crippen molar-refractivity contribution in [1.29, 1.82) is 5.41 Å². The molecule has 0 unspecified atom stereocenters. The zero-order valence-corrected chi connectivity index (χ0v) is 9.62. The molecule has 0 saturated carbocycles. The van der Waals surface area contributed by atoms with Crippen molar-refractivity contribution in [3.8, 4) is 0 Å². The van der Waals surface area contributed by atoms with E-state index in [1.54, 1.807) is 12.1 Å². The molecular formula is C13H14N2O2. The van der Waals surface area contributed by atoms with E-state index in [1.807, 2.05) is 25.1 Å². The second kappa shape index (κ2) is 4.82. The molecule has 0 saturated heterocycles. The van der Waals surface area contributed by atoms with Crippen LogP contribution in [0.5, 0.6) is 0 Å². The van der Waals surface area contributed by atoms with E-state index in [9.17, 15) is 4.79 Å². The minimum absolute atomic E-state index is 0.0997. The smallest absolute Gasteiger partial charge is 0.256 e. The summed E-state index contributed by atoms with van der Waals surface area (Å²) >= 11 is 0. The molecule has 2 N–H and O–H groups in total. The molecule has 0 fully saturated rings. The van der Waals surface area contributed by atoms with E-state index < -0.39 is 0 Å².